The van der Waals surface area contributed by atoms with E-state index in [1.165, 1.54) is 0 Å². The van der Waals surface area contributed by atoms with Crippen LogP contribution in [-0.2, 0) is 16.4 Å². The molecule has 2 N–H and O–H groups in total. The molecule has 1 rings (SSSR count). The first-order chi connectivity index (χ1) is 8.59. The lowest BCUT2D eigenvalue weighted by Crippen LogP contribution is -2.20. The van der Waals surface area contributed by atoms with Crippen molar-refractivity contribution in [1.29, 1.82) is 0 Å². The first-order valence-corrected chi connectivity index (χ1v) is 7.97. The van der Waals surface area contributed by atoms with Gasteiger partial charge in [-0.15, -0.1) is 0 Å². The van der Waals surface area contributed by atoms with Gasteiger partial charge in [0.25, 0.3) is 0 Å². The van der Waals surface area contributed by atoms with Crippen molar-refractivity contribution in [2.24, 2.45) is 0 Å². The number of benzene rings is 1. The Morgan fingerprint density at radius 3 is 2.61 bits per heavy atom. The second-order valence-corrected chi connectivity index (χ2v) is 6.13. The number of anilines is 1. The Bertz CT molecular complexity index is 458. The molecule has 5 heteroatoms. The lowest BCUT2D eigenvalue weighted by atomic mass is 10.1. The minimum absolute atomic E-state index is 0.147. The smallest absolute Gasteiger partial charge is 0.232 e. The van der Waals surface area contributed by atoms with Gasteiger partial charge >= 0.3 is 0 Å². The predicted molar refractivity (Wildman–Crippen MR) is 76.4 cm³/mol. The molecule has 0 spiro atoms. The fraction of sp³-hybridized carbons (Fsp3) is 0.538. The van der Waals surface area contributed by atoms with Crippen molar-refractivity contribution in [3.05, 3.63) is 29.8 Å². The highest BCUT2D eigenvalue weighted by molar-refractivity contribution is 7.92. The summed E-state index contributed by atoms with van der Waals surface area (Å²) < 4.78 is 26.5. The van der Waals surface area contributed by atoms with E-state index in [0.717, 1.165) is 18.4 Å². The predicted octanol–water partition coefficient (Wildman–Crippen LogP) is 1.99. The molecule has 0 bridgehead atoms. The van der Waals surface area contributed by atoms with Gasteiger partial charge in [0.15, 0.2) is 0 Å². The van der Waals surface area contributed by atoms with E-state index in [9.17, 15) is 8.42 Å². The molecular weight excluding hydrogens is 248 g/mol. The molecule has 0 aliphatic heterocycles. The van der Waals surface area contributed by atoms with Gasteiger partial charge in [-0.25, -0.2) is 8.42 Å². The summed E-state index contributed by atoms with van der Waals surface area (Å²) in [6.07, 6.45) is 2.50. The molecular formula is C13H22N2O2S. The average molecular weight is 270 g/mol. The molecule has 0 heterocycles. The van der Waals surface area contributed by atoms with Crippen LogP contribution in [0.15, 0.2) is 24.3 Å². The van der Waals surface area contributed by atoms with Crippen LogP contribution in [0.3, 0.4) is 0 Å². The maximum Gasteiger partial charge on any atom is 0.232 e. The van der Waals surface area contributed by atoms with Crippen molar-refractivity contribution in [1.82, 2.24) is 5.32 Å². The van der Waals surface area contributed by atoms with Gasteiger partial charge in [0.05, 0.1) is 11.4 Å². The Kier molecular flexibility index (Phi) is 6.15. The van der Waals surface area contributed by atoms with Crippen molar-refractivity contribution >= 4 is 15.7 Å². The van der Waals surface area contributed by atoms with Crippen LogP contribution in [0.1, 0.15) is 25.3 Å². The largest absolute Gasteiger partial charge is 0.320 e. The van der Waals surface area contributed by atoms with Crippen molar-refractivity contribution in [2.45, 2.75) is 26.2 Å². The van der Waals surface area contributed by atoms with Crippen molar-refractivity contribution in [3.8, 4) is 0 Å². The number of sulfonamides is 1. The minimum atomic E-state index is -3.24. The Morgan fingerprint density at radius 2 is 1.94 bits per heavy atom. The van der Waals surface area contributed by atoms with Crippen LogP contribution >= 0.6 is 0 Å². The zero-order valence-corrected chi connectivity index (χ0v) is 11.9. The van der Waals surface area contributed by atoms with Crippen LogP contribution < -0.4 is 10.0 Å². The highest BCUT2D eigenvalue weighted by Crippen LogP contribution is 2.18. The SMILES string of the molecule is CCCc1ccccc1NS(=O)(=O)CCCNC. The Labute approximate surface area is 110 Å². The maximum atomic E-state index is 11.9. The highest BCUT2D eigenvalue weighted by atomic mass is 32.2. The zero-order chi connectivity index (χ0) is 13.4. The molecule has 0 amide bonds. The third kappa shape index (κ3) is 5.06. The van der Waals surface area contributed by atoms with Crippen LogP contribution in [0.4, 0.5) is 5.69 Å². The summed E-state index contributed by atoms with van der Waals surface area (Å²) in [5.41, 5.74) is 1.76. The van der Waals surface area contributed by atoms with Gasteiger partial charge in [-0.1, -0.05) is 31.5 Å². The monoisotopic (exact) mass is 270 g/mol. The molecule has 0 unspecified atom stereocenters. The minimum Gasteiger partial charge on any atom is -0.320 e. The summed E-state index contributed by atoms with van der Waals surface area (Å²) in [5.74, 6) is 0.147. The van der Waals surface area contributed by atoms with E-state index in [1.807, 2.05) is 31.3 Å². The summed E-state index contributed by atoms with van der Waals surface area (Å²) in [7, 11) is -1.42. The first-order valence-electron chi connectivity index (χ1n) is 6.32. The van der Waals surface area contributed by atoms with Crippen molar-refractivity contribution in [3.63, 3.8) is 0 Å². The number of hydrogen-bond donors (Lipinski definition) is 2. The molecule has 0 aromatic heterocycles. The number of rotatable bonds is 8. The van der Waals surface area contributed by atoms with Crippen LogP contribution in [-0.4, -0.2) is 27.8 Å². The molecule has 0 saturated carbocycles. The molecule has 0 aliphatic carbocycles. The maximum absolute atomic E-state index is 11.9. The van der Waals surface area contributed by atoms with E-state index >= 15 is 0 Å². The number of nitrogens with one attached hydrogen (secondary N) is 2. The Morgan fingerprint density at radius 1 is 1.22 bits per heavy atom. The number of hydrogen-bond acceptors (Lipinski definition) is 3. The molecule has 102 valence electrons. The van der Waals surface area contributed by atoms with Crippen LogP contribution in [0.2, 0.25) is 0 Å². The molecule has 1 aromatic rings. The standard InChI is InChI=1S/C13H22N2O2S/c1-3-7-12-8-4-5-9-13(12)15-18(16,17)11-6-10-14-2/h4-5,8-9,14-15H,3,6-7,10-11H2,1-2H3. The molecule has 0 aliphatic rings. The van der Waals surface area contributed by atoms with E-state index in [2.05, 4.69) is 17.0 Å². The topological polar surface area (TPSA) is 58.2 Å². The lowest BCUT2D eigenvalue weighted by molar-refractivity contribution is 0.597. The molecule has 0 atom stereocenters. The number of para-hydroxylation sites is 1. The zero-order valence-electron chi connectivity index (χ0n) is 11.1. The third-order valence-electron chi connectivity index (χ3n) is 2.64. The highest BCUT2D eigenvalue weighted by Gasteiger charge is 2.11. The fourth-order valence-electron chi connectivity index (χ4n) is 1.76. The Hall–Kier alpha value is -1.07. The van der Waals surface area contributed by atoms with Gasteiger partial charge in [0, 0.05) is 0 Å². The van der Waals surface area contributed by atoms with Gasteiger partial charge in [0.2, 0.25) is 10.0 Å². The van der Waals surface area contributed by atoms with E-state index in [0.29, 0.717) is 18.7 Å². The van der Waals surface area contributed by atoms with Crippen LogP contribution in [0.5, 0.6) is 0 Å². The normalized spacial score (nSPS) is 11.4. The summed E-state index contributed by atoms with van der Waals surface area (Å²) in [6.45, 7) is 2.79. The molecule has 18 heavy (non-hydrogen) atoms. The van der Waals surface area contributed by atoms with Gasteiger partial charge in [-0.05, 0) is 38.1 Å². The van der Waals surface area contributed by atoms with Gasteiger partial charge in [0.1, 0.15) is 0 Å². The van der Waals surface area contributed by atoms with E-state index in [1.54, 1.807) is 0 Å². The average Bonchev–Trinajstić information content (AvgIpc) is 2.32. The second kappa shape index (κ2) is 7.38. The van der Waals surface area contributed by atoms with E-state index in [4.69, 9.17) is 0 Å². The molecule has 0 saturated heterocycles. The van der Waals surface area contributed by atoms with Gasteiger partial charge < -0.3 is 5.32 Å². The molecule has 0 fully saturated rings. The fourth-order valence-corrected chi connectivity index (χ4v) is 2.93. The second-order valence-electron chi connectivity index (χ2n) is 4.29. The van der Waals surface area contributed by atoms with Crippen LogP contribution in [0.25, 0.3) is 0 Å². The van der Waals surface area contributed by atoms with Gasteiger partial charge in [-0.2, -0.15) is 0 Å². The van der Waals surface area contributed by atoms with Gasteiger partial charge in [-0.3, -0.25) is 4.72 Å². The van der Waals surface area contributed by atoms with Crippen LogP contribution in [0, 0.1) is 0 Å². The quantitative estimate of drug-likeness (QED) is 0.710. The first kappa shape index (κ1) is 15.0. The number of aryl methyl sites for hydroxylation is 1. The molecule has 4 nitrogen and oxygen atoms in total. The van der Waals surface area contributed by atoms with E-state index < -0.39 is 10.0 Å². The van der Waals surface area contributed by atoms with Crippen molar-refractivity contribution in [2.75, 3.05) is 24.1 Å². The summed E-state index contributed by atoms with van der Waals surface area (Å²) >= 11 is 0. The molecule has 1 aromatic carbocycles. The van der Waals surface area contributed by atoms with Crippen molar-refractivity contribution < 1.29 is 8.42 Å². The third-order valence-corrected chi connectivity index (χ3v) is 4.00. The lowest BCUT2D eigenvalue weighted by Gasteiger charge is -2.12. The van der Waals surface area contributed by atoms with E-state index in [-0.39, 0.29) is 5.75 Å². The summed E-state index contributed by atoms with van der Waals surface area (Å²) in [4.78, 5) is 0. The molecule has 0 radical (unpaired) electrons. The Balaban J connectivity index is 2.71. The summed E-state index contributed by atoms with van der Waals surface area (Å²) in [6, 6.07) is 7.57. The summed E-state index contributed by atoms with van der Waals surface area (Å²) in [5, 5.41) is 2.94.